The first-order valence-electron chi connectivity index (χ1n) is 8.10. The zero-order chi connectivity index (χ0) is 17.9. The Morgan fingerprint density at radius 1 is 1.31 bits per heavy atom. The van der Waals surface area contributed by atoms with Gasteiger partial charge in [-0.15, -0.1) is 0 Å². The predicted molar refractivity (Wildman–Crippen MR) is 90.8 cm³/mol. The van der Waals surface area contributed by atoms with Gasteiger partial charge in [0.1, 0.15) is 19.0 Å². The van der Waals surface area contributed by atoms with E-state index in [1.54, 1.807) is 7.11 Å². The smallest absolute Gasteiger partial charge is 0.256 e. The normalized spacial score (nSPS) is 12.7. The summed E-state index contributed by atoms with van der Waals surface area (Å²) in [6, 6.07) is 7.67. The Kier molecular flexibility index (Phi) is 4.36. The molecular weight excluding hydrogens is 338 g/mol. The van der Waals surface area contributed by atoms with Gasteiger partial charge < -0.3 is 19.3 Å². The van der Waals surface area contributed by atoms with Crippen LogP contribution in [0.4, 0.5) is 5.95 Å². The van der Waals surface area contributed by atoms with E-state index in [1.165, 1.54) is 0 Å². The van der Waals surface area contributed by atoms with Gasteiger partial charge in [-0.25, -0.2) is 4.98 Å². The number of ether oxygens (including phenoxy) is 2. The molecule has 4 rings (SSSR count). The standard InChI is InChI=1S/C17H17N5O4/c1-24-9-15-20-14(22-26-15)7-18-17-19-12-8-25-13-5-3-2-4-10(13)6-11(12)16(23)21-17/h2-5H,6-9H2,1H3,(H2,18,19,21,23). The van der Waals surface area contributed by atoms with Crippen LogP contribution in [0.3, 0.4) is 0 Å². The van der Waals surface area contributed by atoms with Crippen LogP contribution in [0, 0.1) is 0 Å². The molecule has 0 atom stereocenters. The molecule has 0 fully saturated rings. The van der Waals surface area contributed by atoms with Gasteiger partial charge in [0, 0.05) is 19.1 Å². The van der Waals surface area contributed by atoms with Gasteiger partial charge in [-0.3, -0.25) is 9.78 Å². The van der Waals surface area contributed by atoms with Gasteiger partial charge in [0.2, 0.25) is 5.95 Å². The van der Waals surface area contributed by atoms with E-state index >= 15 is 0 Å². The first kappa shape index (κ1) is 16.3. The number of hydrogen-bond acceptors (Lipinski definition) is 8. The number of methoxy groups -OCH3 is 1. The first-order chi connectivity index (χ1) is 12.7. The molecular formula is C17H17N5O4. The quantitative estimate of drug-likeness (QED) is 0.705. The lowest BCUT2D eigenvalue weighted by molar-refractivity contribution is 0.151. The second kappa shape index (κ2) is 6.96. The van der Waals surface area contributed by atoms with Crippen molar-refractivity contribution >= 4 is 5.95 Å². The van der Waals surface area contributed by atoms with E-state index in [-0.39, 0.29) is 25.3 Å². The van der Waals surface area contributed by atoms with Crippen LogP contribution in [0.25, 0.3) is 0 Å². The maximum absolute atomic E-state index is 12.5. The molecule has 1 aliphatic heterocycles. The zero-order valence-electron chi connectivity index (χ0n) is 14.1. The van der Waals surface area contributed by atoms with E-state index in [0.717, 1.165) is 11.3 Å². The predicted octanol–water partition coefficient (Wildman–Crippen LogP) is 1.39. The summed E-state index contributed by atoms with van der Waals surface area (Å²) < 4.78 is 15.7. The summed E-state index contributed by atoms with van der Waals surface area (Å²) in [6.45, 7) is 0.750. The van der Waals surface area contributed by atoms with E-state index in [4.69, 9.17) is 14.0 Å². The third-order valence-electron chi connectivity index (χ3n) is 4.00. The molecule has 1 aliphatic rings. The number of rotatable bonds is 5. The van der Waals surface area contributed by atoms with Crippen LogP contribution < -0.4 is 15.6 Å². The molecule has 2 aromatic heterocycles. The fraction of sp³-hybridized carbons (Fsp3) is 0.294. The summed E-state index contributed by atoms with van der Waals surface area (Å²) >= 11 is 0. The van der Waals surface area contributed by atoms with Crippen molar-refractivity contribution in [3.8, 4) is 5.75 Å². The number of benzene rings is 1. The van der Waals surface area contributed by atoms with E-state index in [1.807, 2.05) is 24.3 Å². The van der Waals surface area contributed by atoms with E-state index in [0.29, 0.717) is 35.3 Å². The molecule has 2 N–H and O–H groups in total. The van der Waals surface area contributed by atoms with Crippen LogP contribution in [-0.4, -0.2) is 27.2 Å². The average molecular weight is 355 g/mol. The van der Waals surface area contributed by atoms with Crippen LogP contribution in [-0.2, 0) is 30.9 Å². The molecule has 9 heteroatoms. The Morgan fingerprint density at radius 3 is 3.08 bits per heavy atom. The van der Waals surface area contributed by atoms with Crippen LogP contribution in [0.15, 0.2) is 33.6 Å². The summed E-state index contributed by atoms with van der Waals surface area (Å²) in [4.78, 5) is 23.9. The molecule has 0 unspecified atom stereocenters. The van der Waals surface area contributed by atoms with Crippen LogP contribution in [0.5, 0.6) is 5.75 Å². The van der Waals surface area contributed by atoms with Crippen molar-refractivity contribution in [2.75, 3.05) is 12.4 Å². The third-order valence-corrected chi connectivity index (χ3v) is 4.00. The summed E-state index contributed by atoms with van der Waals surface area (Å²) in [6.07, 6.45) is 0.485. The second-order valence-electron chi connectivity index (χ2n) is 5.80. The highest BCUT2D eigenvalue weighted by molar-refractivity contribution is 5.41. The summed E-state index contributed by atoms with van der Waals surface area (Å²) in [5, 5.41) is 6.83. The third kappa shape index (κ3) is 3.29. The van der Waals surface area contributed by atoms with Crippen LogP contribution in [0.2, 0.25) is 0 Å². The molecule has 1 aromatic carbocycles. The molecule has 0 amide bonds. The minimum absolute atomic E-state index is 0.189. The average Bonchev–Trinajstić information content (AvgIpc) is 3.00. The van der Waals surface area contributed by atoms with Crippen molar-refractivity contribution in [2.24, 2.45) is 0 Å². The molecule has 26 heavy (non-hydrogen) atoms. The van der Waals surface area contributed by atoms with E-state index < -0.39 is 0 Å². The first-order valence-corrected chi connectivity index (χ1v) is 8.10. The molecule has 3 aromatic rings. The van der Waals surface area contributed by atoms with E-state index in [2.05, 4.69) is 25.4 Å². The lowest BCUT2D eigenvalue weighted by Gasteiger charge is -2.08. The Morgan fingerprint density at radius 2 is 2.19 bits per heavy atom. The summed E-state index contributed by atoms with van der Waals surface area (Å²) in [5.74, 6) is 1.94. The summed E-state index contributed by atoms with van der Waals surface area (Å²) in [7, 11) is 1.55. The summed E-state index contributed by atoms with van der Waals surface area (Å²) in [5.41, 5.74) is 2.01. The Balaban J connectivity index is 1.53. The fourth-order valence-corrected chi connectivity index (χ4v) is 2.76. The topological polar surface area (TPSA) is 115 Å². The monoisotopic (exact) mass is 355 g/mol. The minimum Gasteiger partial charge on any atom is -0.487 e. The van der Waals surface area contributed by atoms with Crippen molar-refractivity contribution in [2.45, 2.75) is 26.2 Å². The van der Waals surface area contributed by atoms with Crippen molar-refractivity contribution in [1.29, 1.82) is 0 Å². The number of hydrogen-bond donors (Lipinski definition) is 2. The van der Waals surface area contributed by atoms with Crippen LogP contribution >= 0.6 is 0 Å². The van der Waals surface area contributed by atoms with Gasteiger partial charge in [-0.1, -0.05) is 23.4 Å². The lowest BCUT2D eigenvalue weighted by Crippen LogP contribution is -2.20. The second-order valence-corrected chi connectivity index (χ2v) is 5.80. The van der Waals surface area contributed by atoms with Crippen molar-refractivity contribution in [3.63, 3.8) is 0 Å². The van der Waals surface area contributed by atoms with Gasteiger partial charge in [-0.2, -0.15) is 4.98 Å². The molecule has 0 spiro atoms. The number of para-hydroxylation sites is 1. The number of H-pyrrole nitrogens is 1. The van der Waals surface area contributed by atoms with Crippen molar-refractivity contribution in [1.82, 2.24) is 20.1 Å². The highest BCUT2D eigenvalue weighted by atomic mass is 16.5. The van der Waals surface area contributed by atoms with Crippen molar-refractivity contribution in [3.05, 3.63) is 63.2 Å². The molecule has 0 aliphatic carbocycles. The van der Waals surface area contributed by atoms with Crippen LogP contribution in [0.1, 0.15) is 28.5 Å². The number of nitrogens with one attached hydrogen (secondary N) is 2. The highest BCUT2D eigenvalue weighted by Gasteiger charge is 2.19. The molecule has 0 saturated heterocycles. The number of nitrogens with zero attached hydrogens (tertiary/aromatic N) is 3. The Labute approximate surface area is 148 Å². The number of anilines is 1. The van der Waals surface area contributed by atoms with Gasteiger partial charge in [0.15, 0.2) is 5.82 Å². The van der Waals surface area contributed by atoms with Crippen molar-refractivity contribution < 1.29 is 14.0 Å². The SMILES string of the molecule is COCc1nc(CNc2nc3c(c(=O)[nH]2)Cc2ccccc2OC3)no1. The zero-order valence-corrected chi connectivity index (χ0v) is 14.1. The van der Waals surface area contributed by atoms with Gasteiger partial charge in [-0.05, 0) is 11.6 Å². The van der Waals surface area contributed by atoms with Gasteiger partial charge in [0.25, 0.3) is 11.4 Å². The molecule has 0 radical (unpaired) electrons. The fourth-order valence-electron chi connectivity index (χ4n) is 2.76. The molecule has 0 saturated carbocycles. The lowest BCUT2D eigenvalue weighted by atomic mass is 10.1. The number of aromatic nitrogens is 4. The molecule has 9 nitrogen and oxygen atoms in total. The highest BCUT2D eigenvalue weighted by Crippen LogP contribution is 2.26. The maximum Gasteiger partial charge on any atom is 0.256 e. The number of aromatic amines is 1. The molecule has 3 heterocycles. The largest absolute Gasteiger partial charge is 0.487 e. The Hall–Kier alpha value is -3.20. The molecule has 0 bridgehead atoms. The van der Waals surface area contributed by atoms with E-state index in [9.17, 15) is 4.79 Å². The molecule has 134 valence electrons. The minimum atomic E-state index is -0.189. The number of fused-ring (bicyclic) bond motifs is 2. The Bertz CT molecular complexity index is 981. The van der Waals surface area contributed by atoms with Gasteiger partial charge >= 0.3 is 0 Å². The maximum atomic E-state index is 12.5. The van der Waals surface area contributed by atoms with Gasteiger partial charge in [0.05, 0.1) is 12.2 Å².